The van der Waals surface area contributed by atoms with Crippen LogP contribution in [0.2, 0.25) is 10.0 Å². The number of nitrogens with zero attached hydrogens (tertiary/aromatic N) is 1. The highest BCUT2D eigenvalue weighted by Crippen LogP contribution is 2.36. The van der Waals surface area contributed by atoms with Gasteiger partial charge in [0.2, 0.25) is 0 Å². The number of hydrogen-bond acceptors (Lipinski definition) is 3. The molecule has 1 aromatic carbocycles. The second kappa shape index (κ2) is 9.80. The largest absolute Gasteiger partial charge is 0.480 e. The fourth-order valence-electron chi connectivity index (χ4n) is 4.40. The maximum Gasteiger partial charge on any atom is 0.344 e. The third kappa shape index (κ3) is 5.40. The Morgan fingerprint density at radius 1 is 1.19 bits per heavy atom. The number of piperidine rings is 2. The number of carbonyl (C=O) groups is 1. The van der Waals surface area contributed by atoms with Gasteiger partial charge in [-0.1, -0.05) is 23.2 Å². The Balaban J connectivity index is 0.00000243. The summed E-state index contributed by atoms with van der Waals surface area (Å²) in [4.78, 5) is 12.1. The van der Waals surface area contributed by atoms with Crippen molar-refractivity contribution < 1.29 is 18.8 Å². The van der Waals surface area contributed by atoms with Crippen LogP contribution in [0, 0.1) is 5.92 Å². The summed E-state index contributed by atoms with van der Waals surface area (Å²) >= 11 is 11.9. The third-order valence-corrected chi connectivity index (χ3v) is 6.24. The zero-order valence-corrected chi connectivity index (χ0v) is 18.9. The molecule has 2 fully saturated rings. The molecule has 146 valence electrons. The van der Waals surface area contributed by atoms with Crippen LogP contribution in [0.1, 0.15) is 32.1 Å². The van der Waals surface area contributed by atoms with Gasteiger partial charge in [0, 0.05) is 17.4 Å². The quantitative estimate of drug-likeness (QED) is 0.317. The van der Waals surface area contributed by atoms with Crippen LogP contribution in [0.5, 0.6) is 5.75 Å². The van der Waals surface area contributed by atoms with Crippen molar-refractivity contribution >= 4 is 53.1 Å². The lowest BCUT2D eigenvalue weighted by Gasteiger charge is -2.51. The van der Waals surface area contributed by atoms with E-state index in [1.807, 2.05) is 0 Å². The molecule has 0 aliphatic carbocycles. The molecule has 3 unspecified atom stereocenters. The van der Waals surface area contributed by atoms with E-state index in [9.17, 15) is 4.79 Å². The fourth-order valence-corrected chi connectivity index (χ4v) is 4.86. The molecular weight excluding hydrogens is 488 g/mol. The summed E-state index contributed by atoms with van der Waals surface area (Å²) in [7, 11) is 2.36. The molecule has 1 aromatic rings. The van der Waals surface area contributed by atoms with E-state index in [1.165, 1.54) is 38.8 Å². The summed E-state index contributed by atoms with van der Waals surface area (Å²) in [6, 6.07) is 5.55. The van der Waals surface area contributed by atoms with Crippen molar-refractivity contribution in [1.29, 1.82) is 0 Å². The van der Waals surface area contributed by atoms with E-state index in [1.54, 1.807) is 18.2 Å². The van der Waals surface area contributed by atoms with Crippen molar-refractivity contribution in [3.05, 3.63) is 28.2 Å². The predicted octanol–water partition coefficient (Wildman–Crippen LogP) is 4.94. The Hall–Kier alpha value is -0.240. The van der Waals surface area contributed by atoms with E-state index >= 15 is 0 Å². The van der Waals surface area contributed by atoms with Crippen LogP contribution in [0.3, 0.4) is 0 Å². The SMILES string of the molecule is C[N+]12CCCCC1C(COC(=O)COc1ccc(Cl)cc1Cl)CCC2.I. The van der Waals surface area contributed by atoms with Crippen molar-refractivity contribution in [1.82, 2.24) is 0 Å². The second-order valence-corrected chi connectivity index (χ2v) is 8.28. The van der Waals surface area contributed by atoms with E-state index in [4.69, 9.17) is 32.7 Å². The van der Waals surface area contributed by atoms with Gasteiger partial charge in [0.25, 0.3) is 0 Å². The highest BCUT2D eigenvalue weighted by atomic mass is 127. The summed E-state index contributed by atoms with van der Waals surface area (Å²) in [5.74, 6) is 0.556. The highest BCUT2D eigenvalue weighted by molar-refractivity contribution is 14.0. The Kier molecular flexibility index (Phi) is 8.32. The Morgan fingerprint density at radius 3 is 2.73 bits per heavy atom. The Morgan fingerprint density at radius 2 is 1.96 bits per heavy atom. The summed E-state index contributed by atoms with van der Waals surface area (Å²) < 4.78 is 12.1. The van der Waals surface area contributed by atoms with Crippen LogP contribution in [0.15, 0.2) is 18.2 Å². The van der Waals surface area contributed by atoms with Crippen molar-refractivity contribution in [3.63, 3.8) is 0 Å². The number of carbonyl (C=O) groups excluding carboxylic acids is 1. The van der Waals surface area contributed by atoms with Gasteiger partial charge in [0.1, 0.15) is 5.75 Å². The number of ether oxygens (including phenoxy) is 2. The normalized spacial score (nSPS) is 27.8. The molecule has 0 saturated carbocycles. The second-order valence-electron chi connectivity index (χ2n) is 7.44. The molecule has 2 aliphatic rings. The molecule has 2 heterocycles. The standard InChI is InChI=1S/C19H26Cl2NO3.HI/c1-22-9-3-2-6-17(22)14(5-4-10-22)12-25-19(23)13-24-18-8-7-15(20)11-16(18)21;/h7-8,11,14,17H,2-6,9-10,12-13H2,1H3;1H/q+1;. The average Bonchev–Trinajstić information content (AvgIpc) is 2.58. The van der Waals surface area contributed by atoms with Gasteiger partial charge in [-0.2, -0.15) is 0 Å². The van der Waals surface area contributed by atoms with Gasteiger partial charge >= 0.3 is 5.97 Å². The predicted molar refractivity (Wildman–Crippen MR) is 115 cm³/mol. The zero-order chi connectivity index (χ0) is 17.9. The van der Waals surface area contributed by atoms with Gasteiger partial charge in [0.05, 0.1) is 37.8 Å². The first-order valence-electron chi connectivity index (χ1n) is 9.06. The van der Waals surface area contributed by atoms with Crippen molar-refractivity contribution in [2.45, 2.75) is 38.1 Å². The molecule has 3 rings (SSSR count). The van der Waals surface area contributed by atoms with Crippen LogP contribution in [0.4, 0.5) is 0 Å². The number of hydrogen-bond donors (Lipinski definition) is 0. The summed E-state index contributed by atoms with van der Waals surface area (Å²) in [6.45, 7) is 2.88. The van der Waals surface area contributed by atoms with E-state index in [0.29, 0.717) is 34.4 Å². The molecule has 0 bridgehead atoms. The first-order valence-corrected chi connectivity index (χ1v) is 9.81. The number of halogens is 3. The third-order valence-electron chi connectivity index (χ3n) is 5.71. The molecule has 2 aliphatic heterocycles. The number of fused-ring (bicyclic) bond motifs is 1. The van der Waals surface area contributed by atoms with Crippen LogP contribution < -0.4 is 4.74 Å². The molecule has 0 spiro atoms. The van der Waals surface area contributed by atoms with Crippen LogP contribution in [-0.4, -0.2) is 49.8 Å². The molecule has 0 aromatic heterocycles. The summed E-state index contributed by atoms with van der Waals surface area (Å²) in [5, 5.41) is 0.925. The molecule has 7 heteroatoms. The molecule has 26 heavy (non-hydrogen) atoms. The molecule has 3 atom stereocenters. The van der Waals surface area contributed by atoms with Gasteiger partial charge < -0.3 is 14.0 Å². The van der Waals surface area contributed by atoms with E-state index in [-0.39, 0.29) is 36.6 Å². The lowest BCUT2D eigenvalue weighted by atomic mass is 9.82. The smallest absolute Gasteiger partial charge is 0.344 e. The Bertz CT molecular complexity index is 627. The van der Waals surface area contributed by atoms with Crippen LogP contribution >= 0.6 is 47.2 Å². The molecule has 0 radical (unpaired) electrons. The van der Waals surface area contributed by atoms with Gasteiger partial charge in [-0.15, -0.1) is 24.0 Å². The van der Waals surface area contributed by atoms with Crippen molar-refractivity contribution in [2.75, 3.05) is 33.4 Å². The van der Waals surface area contributed by atoms with Gasteiger partial charge in [-0.25, -0.2) is 4.79 Å². The number of rotatable bonds is 5. The van der Waals surface area contributed by atoms with E-state index in [2.05, 4.69) is 7.05 Å². The summed E-state index contributed by atoms with van der Waals surface area (Å²) in [6.07, 6.45) is 6.22. The highest BCUT2D eigenvalue weighted by Gasteiger charge is 2.43. The maximum atomic E-state index is 12.1. The van der Waals surface area contributed by atoms with E-state index in [0.717, 1.165) is 10.9 Å². The molecule has 0 amide bonds. The first kappa shape index (κ1) is 22.1. The Labute approximate surface area is 182 Å². The van der Waals surface area contributed by atoms with Gasteiger partial charge in [-0.3, -0.25) is 0 Å². The average molecular weight is 515 g/mol. The summed E-state index contributed by atoms with van der Waals surface area (Å²) in [5.41, 5.74) is 0. The molecular formula is C19H27Cl2INO3+. The minimum Gasteiger partial charge on any atom is -0.480 e. The lowest BCUT2D eigenvalue weighted by Crippen LogP contribution is -2.61. The molecule has 0 N–H and O–H groups in total. The monoisotopic (exact) mass is 514 g/mol. The van der Waals surface area contributed by atoms with Crippen molar-refractivity contribution in [3.8, 4) is 5.75 Å². The number of esters is 1. The molecule has 2 saturated heterocycles. The van der Waals surface area contributed by atoms with Crippen LogP contribution in [0.25, 0.3) is 0 Å². The number of benzene rings is 1. The zero-order valence-electron chi connectivity index (χ0n) is 15.1. The van der Waals surface area contributed by atoms with E-state index < -0.39 is 0 Å². The van der Waals surface area contributed by atoms with Crippen LogP contribution in [-0.2, 0) is 9.53 Å². The minimum atomic E-state index is -0.346. The fraction of sp³-hybridized carbons (Fsp3) is 0.632. The topological polar surface area (TPSA) is 35.5 Å². The minimum absolute atomic E-state index is 0. The first-order chi connectivity index (χ1) is 12.0. The molecule has 4 nitrogen and oxygen atoms in total. The van der Waals surface area contributed by atoms with Gasteiger partial charge in [0.15, 0.2) is 6.61 Å². The van der Waals surface area contributed by atoms with Gasteiger partial charge in [-0.05, 0) is 43.9 Å². The van der Waals surface area contributed by atoms with Crippen molar-refractivity contribution in [2.24, 2.45) is 5.92 Å². The maximum absolute atomic E-state index is 12.1. The number of quaternary nitrogens is 1. The lowest BCUT2D eigenvalue weighted by molar-refractivity contribution is -0.947.